The molecule has 0 saturated heterocycles. The summed E-state index contributed by atoms with van der Waals surface area (Å²) in [5, 5.41) is 17.3. The number of methoxy groups -OCH3 is 1. The number of nitrogens with one attached hydrogen (secondary N) is 2. The summed E-state index contributed by atoms with van der Waals surface area (Å²) in [6, 6.07) is 4.39. The van der Waals surface area contributed by atoms with E-state index in [0.717, 1.165) is 51.6 Å². The topological polar surface area (TPSA) is 118 Å². The SMILES string of the molecule is CCCCCCCCCCCCCCCC(=O)Cc1cc2c(CC(=O)NCCCCCNCCOC)cc(=O)oc2cc1O. The molecule has 0 aliphatic carbocycles. The van der Waals surface area contributed by atoms with Crippen molar-refractivity contribution in [2.24, 2.45) is 0 Å². The van der Waals surface area contributed by atoms with Crippen LogP contribution in [-0.2, 0) is 27.2 Å². The predicted octanol–water partition coefficient (Wildman–Crippen LogP) is 7.16. The van der Waals surface area contributed by atoms with E-state index in [1.54, 1.807) is 13.2 Å². The van der Waals surface area contributed by atoms with Gasteiger partial charge < -0.3 is 24.9 Å². The molecule has 0 radical (unpaired) electrons. The van der Waals surface area contributed by atoms with Gasteiger partial charge in [0.15, 0.2) is 0 Å². The van der Waals surface area contributed by atoms with Gasteiger partial charge in [-0.3, -0.25) is 9.59 Å². The van der Waals surface area contributed by atoms with Crippen LogP contribution >= 0.6 is 0 Å². The lowest BCUT2D eigenvalue weighted by Crippen LogP contribution is -2.26. The minimum Gasteiger partial charge on any atom is -0.508 e. The molecule has 0 fully saturated rings. The molecule has 2 rings (SSSR count). The summed E-state index contributed by atoms with van der Waals surface area (Å²) in [5.41, 5.74) is 0.659. The highest BCUT2D eigenvalue weighted by Gasteiger charge is 2.15. The molecule has 0 saturated carbocycles. The first-order valence-electron chi connectivity index (χ1n) is 17.2. The molecule has 0 spiro atoms. The Bertz CT molecular complexity index is 1150. The van der Waals surface area contributed by atoms with Gasteiger partial charge in [0.05, 0.1) is 13.0 Å². The van der Waals surface area contributed by atoms with E-state index in [1.807, 2.05) is 0 Å². The highest BCUT2D eigenvalue weighted by atomic mass is 16.5. The molecule has 2 aromatic rings. The molecule has 0 unspecified atom stereocenters. The third-order valence-corrected chi connectivity index (χ3v) is 8.16. The number of ketones is 1. The van der Waals surface area contributed by atoms with Gasteiger partial charge in [0, 0.05) is 56.1 Å². The maximum absolute atomic E-state index is 12.7. The third kappa shape index (κ3) is 16.4. The van der Waals surface area contributed by atoms with E-state index in [4.69, 9.17) is 9.15 Å². The molecule has 44 heavy (non-hydrogen) atoms. The predicted molar refractivity (Wildman–Crippen MR) is 178 cm³/mol. The second kappa shape index (κ2) is 23.6. The number of phenolic OH excluding ortho intramolecular Hbond substituents is 1. The monoisotopic (exact) mass is 614 g/mol. The second-order valence-corrected chi connectivity index (χ2v) is 12.1. The van der Waals surface area contributed by atoms with Gasteiger partial charge in [0.2, 0.25) is 5.91 Å². The average Bonchev–Trinajstić information content (AvgIpc) is 2.99. The molecule has 8 nitrogen and oxygen atoms in total. The van der Waals surface area contributed by atoms with Crippen molar-refractivity contribution >= 4 is 22.7 Å². The zero-order chi connectivity index (χ0) is 31.8. The summed E-state index contributed by atoms with van der Waals surface area (Å²) in [6.45, 7) is 5.26. The van der Waals surface area contributed by atoms with E-state index in [2.05, 4.69) is 17.6 Å². The number of unbranched alkanes of at least 4 members (excludes halogenated alkanes) is 14. The number of aromatic hydroxyl groups is 1. The van der Waals surface area contributed by atoms with Crippen LogP contribution in [0.2, 0.25) is 0 Å². The number of ether oxygens (including phenoxy) is 1. The van der Waals surface area contributed by atoms with Crippen molar-refractivity contribution < 1.29 is 23.8 Å². The Labute approximate surface area is 264 Å². The lowest BCUT2D eigenvalue weighted by molar-refractivity contribution is -0.120. The van der Waals surface area contributed by atoms with Crippen LogP contribution in [0, 0.1) is 0 Å². The molecular weight excluding hydrogens is 556 g/mol. The zero-order valence-electron chi connectivity index (χ0n) is 27.5. The molecule has 1 aromatic heterocycles. The molecule has 0 bridgehead atoms. The molecule has 248 valence electrons. The minimum absolute atomic E-state index is 0.0256. The van der Waals surface area contributed by atoms with Gasteiger partial charge in [-0.15, -0.1) is 0 Å². The van der Waals surface area contributed by atoms with Crippen LogP contribution in [-0.4, -0.2) is 50.1 Å². The van der Waals surface area contributed by atoms with Gasteiger partial charge in [-0.05, 0) is 37.4 Å². The van der Waals surface area contributed by atoms with Crippen molar-refractivity contribution in [2.75, 3.05) is 33.4 Å². The first kappa shape index (κ1) is 37.5. The summed E-state index contributed by atoms with van der Waals surface area (Å²) in [6.07, 6.45) is 19.9. The standard InChI is InChI=1S/C36H58N2O6/c1-3-4-5-6-7-8-9-10-11-12-13-14-16-19-31(39)24-30-25-32-29(27-36(42)44-34(32)28-33(30)40)26-35(41)38-21-18-15-17-20-37-22-23-43-2/h25,27-28,37,40H,3-24,26H2,1-2H3,(H,38,41). The maximum atomic E-state index is 12.7. The van der Waals surface area contributed by atoms with Crippen molar-refractivity contribution in [3.63, 3.8) is 0 Å². The number of fused-ring (bicyclic) bond motifs is 1. The smallest absolute Gasteiger partial charge is 0.336 e. The first-order chi connectivity index (χ1) is 21.4. The number of rotatable bonds is 27. The van der Waals surface area contributed by atoms with Gasteiger partial charge in [-0.25, -0.2) is 4.79 Å². The molecule has 0 aliphatic heterocycles. The number of Topliss-reactive ketones (excluding diaryl/α,β-unsaturated/α-hetero) is 1. The second-order valence-electron chi connectivity index (χ2n) is 12.1. The van der Waals surface area contributed by atoms with Gasteiger partial charge in [-0.2, -0.15) is 0 Å². The van der Waals surface area contributed by atoms with Crippen molar-refractivity contribution in [2.45, 2.75) is 129 Å². The lowest BCUT2D eigenvalue weighted by atomic mass is 9.98. The van der Waals surface area contributed by atoms with E-state index in [9.17, 15) is 19.5 Å². The quantitative estimate of drug-likeness (QED) is 0.0722. The zero-order valence-corrected chi connectivity index (χ0v) is 27.5. The van der Waals surface area contributed by atoms with Gasteiger partial charge in [-0.1, -0.05) is 90.4 Å². The van der Waals surface area contributed by atoms with E-state index in [1.165, 1.54) is 76.3 Å². The molecule has 8 heteroatoms. The lowest BCUT2D eigenvalue weighted by Gasteiger charge is -2.10. The normalized spacial score (nSPS) is 11.3. The van der Waals surface area contributed by atoms with Crippen molar-refractivity contribution in [1.82, 2.24) is 10.6 Å². The van der Waals surface area contributed by atoms with E-state index in [0.29, 0.717) is 36.1 Å². The Morgan fingerprint density at radius 1 is 0.750 bits per heavy atom. The van der Waals surface area contributed by atoms with Crippen LogP contribution < -0.4 is 16.3 Å². The Morgan fingerprint density at radius 3 is 2.02 bits per heavy atom. The number of phenols is 1. The van der Waals surface area contributed by atoms with Gasteiger partial charge >= 0.3 is 5.63 Å². The van der Waals surface area contributed by atoms with E-state index >= 15 is 0 Å². The molecule has 0 aliphatic rings. The van der Waals surface area contributed by atoms with E-state index < -0.39 is 5.63 Å². The first-order valence-corrected chi connectivity index (χ1v) is 17.2. The average molecular weight is 615 g/mol. The largest absolute Gasteiger partial charge is 0.508 e. The van der Waals surface area contributed by atoms with Crippen molar-refractivity contribution in [1.29, 1.82) is 0 Å². The number of carbonyl (C=O) groups excluding carboxylic acids is 2. The summed E-state index contributed by atoms with van der Waals surface area (Å²) in [7, 11) is 1.68. The third-order valence-electron chi connectivity index (χ3n) is 8.16. The molecule has 1 aromatic carbocycles. The van der Waals surface area contributed by atoms with Crippen LogP contribution in [0.15, 0.2) is 27.4 Å². The Balaban J connectivity index is 1.72. The highest BCUT2D eigenvalue weighted by molar-refractivity contribution is 5.90. The highest BCUT2D eigenvalue weighted by Crippen LogP contribution is 2.28. The number of carbonyl (C=O) groups is 2. The number of benzene rings is 1. The number of amides is 1. The summed E-state index contributed by atoms with van der Waals surface area (Å²) < 4.78 is 10.3. The molecule has 0 atom stereocenters. The summed E-state index contributed by atoms with van der Waals surface area (Å²) >= 11 is 0. The van der Waals surface area contributed by atoms with Crippen molar-refractivity contribution in [3.8, 4) is 5.75 Å². The number of hydrogen-bond donors (Lipinski definition) is 3. The van der Waals surface area contributed by atoms with Crippen LogP contribution in [0.5, 0.6) is 5.75 Å². The Morgan fingerprint density at radius 2 is 1.36 bits per heavy atom. The fourth-order valence-electron chi connectivity index (χ4n) is 5.55. The minimum atomic E-state index is -0.577. The van der Waals surface area contributed by atoms with Gasteiger partial charge in [0.1, 0.15) is 17.1 Å². The Hall–Kier alpha value is -2.71. The van der Waals surface area contributed by atoms with Crippen LogP contribution in [0.3, 0.4) is 0 Å². The number of hydrogen-bond acceptors (Lipinski definition) is 7. The van der Waals surface area contributed by atoms with Crippen LogP contribution in [0.4, 0.5) is 0 Å². The molecule has 1 amide bonds. The Kier molecular flexibility index (Phi) is 20.1. The van der Waals surface area contributed by atoms with Crippen LogP contribution in [0.25, 0.3) is 11.0 Å². The molecule has 3 N–H and O–H groups in total. The maximum Gasteiger partial charge on any atom is 0.336 e. The molecular formula is C36H58N2O6. The van der Waals surface area contributed by atoms with Crippen LogP contribution in [0.1, 0.15) is 127 Å². The van der Waals surface area contributed by atoms with Gasteiger partial charge in [0.25, 0.3) is 0 Å². The van der Waals surface area contributed by atoms with E-state index in [-0.39, 0.29) is 35.9 Å². The van der Waals surface area contributed by atoms with Crippen molar-refractivity contribution in [3.05, 3.63) is 39.7 Å². The fraction of sp³-hybridized carbons (Fsp3) is 0.694. The molecule has 1 heterocycles. The summed E-state index contributed by atoms with van der Waals surface area (Å²) in [4.78, 5) is 37.5. The summed E-state index contributed by atoms with van der Waals surface area (Å²) in [5.74, 6) is -0.172. The fourth-order valence-corrected chi connectivity index (χ4v) is 5.55.